The SMILES string of the molecule is CCN(CC)C(=N)CSCC(C)C. The molecule has 0 rings (SSSR count). The Morgan fingerprint density at radius 2 is 1.85 bits per heavy atom. The van der Waals surface area contributed by atoms with Gasteiger partial charge in [0.15, 0.2) is 0 Å². The highest BCUT2D eigenvalue weighted by molar-refractivity contribution is 7.99. The molecule has 0 aliphatic carbocycles. The third-order valence-electron chi connectivity index (χ3n) is 1.84. The maximum atomic E-state index is 7.80. The first kappa shape index (κ1) is 12.8. The van der Waals surface area contributed by atoms with Crippen molar-refractivity contribution in [2.45, 2.75) is 27.7 Å². The van der Waals surface area contributed by atoms with E-state index in [2.05, 4.69) is 32.6 Å². The van der Waals surface area contributed by atoms with Crippen LogP contribution < -0.4 is 0 Å². The highest BCUT2D eigenvalue weighted by atomic mass is 32.2. The fourth-order valence-electron chi connectivity index (χ4n) is 1.09. The minimum atomic E-state index is 0.731. The molecule has 0 fully saturated rings. The van der Waals surface area contributed by atoms with E-state index in [9.17, 15) is 0 Å². The van der Waals surface area contributed by atoms with Gasteiger partial charge in [-0.2, -0.15) is 11.8 Å². The lowest BCUT2D eigenvalue weighted by atomic mass is 10.3. The Hall–Kier alpha value is -0.180. The molecule has 0 spiro atoms. The summed E-state index contributed by atoms with van der Waals surface area (Å²) in [4.78, 5) is 2.10. The molecule has 0 bridgehead atoms. The summed E-state index contributed by atoms with van der Waals surface area (Å²) < 4.78 is 0. The van der Waals surface area contributed by atoms with Crippen LogP contribution in [-0.2, 0) is 0 Å². The molecule has 0 aliphatic heterocycles. The standard InChI is InChI=1S/C10H22N2S/c1-5-12(6-2)10(11)8-13-7-9(3)4/h9,11H,5-8H2,1-4H3. The molecule has 2 nitrogen and oxygen atoms in total. The molecular formula is C10H22N2S. The molecule has 0 heterocycles. The fourth-order valence-corrected chi connectivity index (χ4v) is 2.05. The number of hydrogen-bond donors (Lipinski definition) is 1. The van der Waals surface area contributed by atoms with E-state index in [4.69, 9.17) is 5.41 Å². The Kier molecular flexibility index (Phi) is 7.14. The molecule has 3 heteroatoms. The van der Waals surface area contributed by atoms with Crippen LogP contribution in [0.15, 0.2) is 0 Å². The molecule has 0 aromatic rings. The van der Waals surface area contributed by atoms with E-state index in [0.29, 0.717) is 0 Å². The maximum Gasteiger partial charge on any atom is 0.106 e. The average Bonchev–Trinajstić information content (AvgIpc) is 2.05. The molecule has 0 atom stereocenters. The predicted molar refractivity (Wildman–Crippen MR) is 62.8 cm³/mol. The highest BCUT2D eigenvalue weighted by Crippen LogP contribution is 2.08. The topological polar surface area (TPSA) is 27.1 Å². The first-order chi connectivity index (χ1) is 6.11. The highest BCUT2D eigenvalue weighted by Gasteiger charge is 2.05. The van der Waals surface area contributed by atoms with E-state index in [-0.39, 0.29) is 0 Å². The van der Waals surface area contributed by atoms with Gasteiger partial charge in [0.2, 0.25) is 0 Å². The van der Waals surface area contributed by atoms with Gasteiger partial charge in [-0.3, -0.25) is 5.41 Å². The second-order valence-electron chi connectivity index (χ2n) is 3.53. The first-order valence-electron chi connectivity index (χ1n) is 5.01. The van der Waals surface area contributed by atoms with Crippen LogP contribution in [0.1, 0.15) is 27.7 Å². The Balaban J connectivity index is 3.60. The van der Waals surface area contributed by atoms with Crippen LogP contribution in [0.25, 0.3) is 0 Å². The Bertz CT molecular complexity index is 142. The lowest BCUT2D eigenvalue weighted by Gasteiger charge is -2.21. The van der Waals surface area contributed by atoms with Gasteiger partial charge in [-0.25, -0.2) is 0 Å². The number of amidine groups is 1. The van der Waals surface area contributed by atoms with Gasteiger partial charge in [-0.15, -0.1) is 0 Å². The van der Waals surface area contributed by atoms with E-state index < -0.39 is 0 Å². The molecular weight excluding hydrogens is 180 g/mol. The van der Waals surface area contributed by atoms with E-state index in [1.165, 1.54) is 0 Å². The molecule has 78 valence electrons. The summed E-state index contributed by atoms with van der Waals surface area (Å²) in [6.07, 6.45) is 0. The molecule has 0 amide bonds. The van der Waals surface area contributed by atoms with Gasteiger partial charge < -0.3 is 4.90 Å². The van der Waals surface area contributed by atoms with E-state index >= 15 is 0 Å². The fraction of sp³-hybridized carbons (Fsp3) is 0.900. The van der Waals surface area contributed by atoms with Crippen LogP contribution in [0.5, 0.6) is 0 Å². The summed E-state index contributed by atoms with van der Waals surface area (Å²) in [5.41, 5.74) is 0. The van der Waals surface area contributed by atoms with Gasteiger partial charge in [0, 0.05) is 13.1 Å². The zero-order valence-corrected chi connectivity index (χ0v) is 10.1. The maximum absolute atomic E-state index is 7.80. The van der Waals surface area contributed by atoms with Crippen molar-refractivity contribution in [3.05, 3.63) is 0 Å². The van der Waals surface area contributed by atoms with Gasteiger partial charge in [0.25, 0.3) is 0 Å². The first-order valence-corrected chi connectivity index (χ1v) is 6.17. The van der Waals surface area contributed by atoms with Crippen molar-refractivity contribution >= 4 is 17.6 Å². The van der Waals surface area contributed by atoms with Crippen molar-refractivity contribution < 1.29 is 0 Å². The van der Waals surface area contributed by atoms with Gasteiger partial charge >= 0.3 is 0 Å². The van der Waals surface area contributed by atoms with Crippen molar-refractivity contribution in [2.75, 3.05) is 24.6 Å². The Labute approximate surface area is 86.6 Å². The third kappa shape index (κ3) is 5.97. The molecule has 0 aromatic heterocycles. The molecule has 0 unspecified atom stereocenters. The molecule has 0 aromatic carbocycles. The van der Waals surface area contributed by atoms with Gasteiger partial charge in [0.1, 0.15) is 5.84 Å². The number of nitrogens with one attached hydrogen (secondary N) is 1. The van der Waals surface area contributed by atoms with E-state index in [1.54, 1.807) is 0 Å². The summed E-state index contributed by atoms with van der Waals surface area (Å²) in [6.45, 7) is 10.5. The average molecular weight is 202 g/mol. The van der Waals surface area contributed by atoms with Crippen LogP contribution in [0, 0.1) is 11.3 Å². The minimum absolute atomic E-state index is 0.731. The largest absolute Gasteiger partial charge is 0.360 e. The predicted octanol–water partition coefficient (Wildman–Crippen LogP) is 2.69. The zero-order chi connectivity index (χ0) is 10.3. The summed E-state index contributed by atoms with van der Waals surface area (Å²) in [6, 6.07) is 0. The number of rotatable bonds is 6. The van der Waals surface area contributed by atoms with Crippen LogP contribution >= 0.6 is 11.8 Å². The van der Waals surface area contributed by atoms with Crippen molar-refractivity contribution in [3.63, 3.8) is 0 Å². The lowest BCUT2D eigenvalue weighted by Crippen LogP contribution is -2.31. The van der Waals surface area contributed by atoms with Crippen molar-refractivity contribution in [1.29, 1.82) is 5.41 Å². The molecule has 0 saturated heterocycles. The number of hydrogen-bond acceptors (Lipinski definition) is 2. The second-order valence-corrected chi connectivity index (χ2v) is 4.56. The molecule has 0 aliphatic rings. The summed E-state index contributed by atoms with van der Waals surface area (Å²) >= 11 is 1.86. The van der Waals surface area contributed by atoms with E-state index in [1.807, 2.05) is 11.8 Å². The molecule has 0 radical (unpaired) electrons. The zero-order valence-electron chi connectivity index (χ0n) is 9.26. The minimum Gasteiger partial charge on any atom is -0.360 e. The van der Waals surface area contributed by atoms with Crippen LogP contribution in [0.4, 0.5) is 0 Å². The van der Waals surface area contributed by atoms with E-state index in [0.717, 1.165) is 36.3 Å². The van der Waals surface area contributed by atoms with Crippen LogP contribution in [0.3, 0.4) is 0 Å². The monoisotopic (exact) mass is 202 g/mol. The number of nitrogens with zero attached hydrogens (tertiary/aromatic N) is 1. The lowest BCUT2D eigenvalue weighted by molar-refractivity contribution is 0.461. The normalized spacial score (nSPS) is 10.5. The van der Waals surface area contributed by atoms with Gasteiger partial charge in [0.05, 0.1) is 5.75 Å². The summed E-state index contributed by atoms with van der Waals surface area (Å²) in [5, 5.41) is 7.80. The number of thioether (sulfide) groups is 1. The van der Waals surface area contributed by atoms with Crippen LogP contribution in [0.2, 0.25) is 0 Å². The third-order valence-corrected chi connectivity index (χ3v) is 3.22. The van der Waals surface area contributed by atoms with Crippen LogP contribution in [-0.4, -0.2) is 35.3 Å². The molecule has 0 saturated carbocycles. The van der Waals surface area contributed by atoms with Gasteiger partial charge in [-0.05, 0) is 25.5 Å². The van der Waals surface area contributed by atoms with Crippen molar-refractivity contribution in [3.8, 4) is 0 Å². The quantitative estimate of drug-likeness (QED) is 0.529. The van der Waals surface area contributed by atoms with Crippen molar-refractivity contribution in [1.82, 2.24) is 4.90 Å². The smallest absolute Gasteiger partial charge is 0.106 e. The molecule has 13 heavy (non-hydrogen) atoms. The second kappa shape index (κ2) is 7.25. The Morgan fingerprint density at radius 1 is 1.31 bits per heavy atom. The molecule has 1 N–H and O–H groups in total. The summed E-state index contributed by atoms with van der Waals surface area (Å²) in [7, 11) is 0. The van der Waals surface area contributed by atoms with Crippen molar-refractivity contribution in [2.24, 2.45) is 5.92 Å². The summed E-state index contributed by atoms with van der Waals surface area (Å²) in [5.74, 6) is 3.52. The van der Waals surface area contributed by atoms with Gasteiger partial charge in [-0.1, -0.05) is 13.8 Å². The Morgan fingerprint density at radius 3 is 2.23 bits per heavy atom.